The molecular formula is C23H25N3OS. The Balaban J connectivity index is 1.25. The van der Waals surface area contributed by atoms with Gasteiger partial charge in [-0.1, -0.05) is 42.5 Å². The van der Waals surface area contributed by atoms with Crippen LogP contribution in [-0.2, 0) is 11.3 Å². The van der Waals surface area contributed by atoms with E-state index in [1.165, 1.54) is 18.4 Å². The van der Waals surface area contributed by atoms with Crippen molar-refractivity contribution in [2.75, 3.05) is 19.6 Å². The number of hydrogen-bond acceptors (Lipinski definition) is 4. The van der Waals surface area contributed by atoms with E-state index in [9.17, 15) is 4.79 Å². The van der Waals surface area contributed by atoms with Gasteiger partial charge < -0.3 is 5.32 Å². The van der Waals surface area contributed by atoms with Gasteiger partial charge in [0.1, 0.15) is 5.01 Å². The molecule has 3 aromatic rings. The van der Waals surface area contributed by atoms with E-state index >= 15 is 0 Å². The van der Waals surface area contributed by atoms with E-state index in [0.717, 1.165) is 41.4 Å². The fourth-order valence-corrected chi connectivity index (χ4v) is 4.59. The lowest BCUT2D eigenvalue weighted by molar-refractivity contribution is -0.116. The van der Waals surface area contributed by atoms with Gasteiger partial charge >= 0.3 is 0 Å². The van der Waals surface area contributed by atoms with Crippen LogP contribution in [0.2, 0.25) is 0 Å². The van der Waals surface area contributed by atoms with E-state index < -0.39 is 0 Å². The van der Waals surface area contributed by atoms with Crippen molar-refractivity contribution in [2.24, 2.45) is 5.92 Å². The molecule has 1 aliphatic rings. The van der Waals surface area contributed by atoms with E-state index in [1.807, 2.05) is 24.3 Å². The Labute approximate surface area is 169 Å². The van der Waals surface area contributed by atoms with Gasteiger partial charge in [-0.05, 0) is 49.1 Å². The number of amides is 1. The summed E-state index contributed by atoms with van der Waals surface area (Å²) in [6.45, 7) is 3.89. The maximum absolute atomic E-state index is 12.2. The number of fused-ring (bicyclic) bond motifs is 1. The van der Waals surface area contributed by atoms with E-state index in [0.29, 0.717) is 5.92 Å². The standard InChI is InChI=1S/C23H25N3OS/c27-22(12-13-23-25-20-10-4-5-11-21(20)28-23)24-15-19-9-6-14-26(17-19)16-18-7-2-1-3-8-18/h1-5,7-8,10-13,19H,6,9,14-17H2,(H,24,27)/b13-12+. The predicted octanol–water partition coefficient (Wildman–Crippen LogP) is 4.34. The molecule has 0 radical (unpaired) electrons. The lowest BCUT2D eigenvalue weighted by atomic mass is 9.97. The van der Waals surface area contributed by atoms with Crippen LogP contribution < -0.4 is 5.32 Å². The molecule has 1 aliphatic heterocycles. The van der Waals surface area contributed by atoms with Crippen molar-refractivity contribution in [3.8, 4) is 0 Å². The lowest BCUT2D eigenvalue weighted by Gasteiger charge is -2.32. The summed E-state index contributed by atoms with van der Waals surface area (Å²) < 4.78 is 1.14. The van der Waals surface area contributed by atoms with Crippen LogP contribution in [-0.4, -0.2) is 35.4 Å². The summed E-state index contributed by atoms with van der Waals surface area (Å²) in [5.74, 6) is 0.469. The highest BCUT2D eigenvalue weighted by Crippen LogP contribution is 2.22. The zero-order valence-electron chi connectivity index (χ0n) is 15.9. The number of carbonyl (C=O) groups excluding carboxylic acids is 1. The van der Waals surface area contributed by atoms with Gasteiger partial charge in [-0.25, -0.2) is 4.98 Å². The van der Waals surface area contributed by atoms with Gasteiger partial charge in [0.15, 0.2) is 0 Å². The number of piperidine rings is 1. The summed E-state index contributed by atoms with van der Waals surface area (Å²) in [7, 11) is 0. The maximum atomic E-state index is 12.2. The molecule has 1 N–H and O–H groups in total. The predicted molar refractivity (Wildman–Crippen MR) is 116 cm³/mol. The highest BCUT2D eigenvalue weighted by molar-refractivity contribution is 7.19. The molecule has 1 fully saturated rings. The topological polar surface area (TPSA) is 45.2 Å². The van der Waals surface area contributed by atoms with Gasteiger partial charge in [-0.2, -0.15) is 0 Å². The molecular weight excluding hydrogens is 366 g/mol. The first kappa shape index (κ1) is 18.8. The monoisotopic (exact) mass is 391 g/mol. The summed E-state index contributed by atoms with van der Waals surface area (Å²) in [5.41, 5.74) is 2.33. The summed E-state index contributed by atoms with van der Waals surface area (Å²) >= 11 is 1.60. The minimum atomic E-state index is -0.0422. The van der Waals surface area contributed by atoms with E-state index in [2.05, 4.69) is 51.6 Å². The molecule has 1 aromatic heterocycles. The Bertz CT molecular complexity index is 918. The first-order valence-electron chi connectivity index (χ1n) is 9.84. The maximum Gasteiger partial charge on any atom is 0.244 e. The molecule has 1 amide bonds. The molecule has 28 heavy (non-hydrogen) atoms. The van der Waals surface area contributed by atoms with Gasteiger partial charge in [0.25, 0.3) is 0 Å². The SMILES string of the molecule is O=C(/C=C/c1nc2ccccc2s1)NCC1CCCN(Cc2ccccc2)C1. The van der Waals surface area contributed by atoms with Crippen LogP contribution in [0.3, 0.4) is 0 Å². The largest absolute Gasteiger partial charge is 0.352 e. The average Bonchev–Trinajstić information content (AvgIpc) is 3.15. The molecule has 1 unspecified atom stereocenters. The second-order valence-corrected chi connectivity index (χ2v) is 8.39. The molecule has 0 bridgehead atoms. The van der Waals surface area contributed by atoms with E-state index in [-0.39, 0.29) is 5.91 Å². The Kier molecular flexibility index (Phi) is 6.14. The second kappa shape index (κ2) is 9.13. The van der Waals surface area contributed by atoms with Crippen LogP contribution in [0.25, 0.3) is 16.3 Å². The Hall–Kier alpha value is -2.50. The second-order valence-electron chi connectivity index (χ2n) is 7.33. The van der Waals surface area contributed by atoms with Gasteiger partial charge in [0.05, 0.1) is 10.2 Å². The third kappa shape index (κ3) is 5.06. The molecule has 144 valence electrons. The van der Waals surface area contributed by atoms with Gasteiger partial charge in [-0.3, -0.25) is 9.69 Å². The lowest BCUT2D eigenvalue weighted by Crippen LogP contribution is -2.40. The average molecular weight is 392 g/mol. The van der Waals surface area contributed by atoms with Gasteiger partial charge in [-0.15, -0.1) is 11.3 Å². The Morgan fingerprint density at radius 3 is 2.86 bits per heavy atom. The molecule has 4 rings (SSSR count). The number of aromatic nitrogens is 1. The van der Waals surface area contributed by atoms with Gasteiger partial charge in [0.2, 0.25) is 5.91 Å². The van der Waals surface area contributed by atoms with Crippen LogP contribution in [0.4, 0.5) is 0 Å². The van der Waals surface area contributed by atoms with Crippen molar-refractivity contribution in [3.63, 3.8) is 0 Å². The number of thiazole rings is 1. The molecule has 4 nitrogen and oxygen atoms in total. The van der Waals surface area contributed by atoms with Crippen LogP contribution in [0.15, 0.2) is 60.7 Å². The van der Waals surface area contributed by atoms with Gasteiger partial charge in [0, 0.05) is 25.7 Å². The fraction of sp³-hybridized carbons (Fsp3) is 0.304. The first-order valence-corrected chi connectivity index (χ1v) is 10.7. The number of benzene rings is 2. The molecule has 2 aromatic carbocycles. The van der Waals surface area contributed by atoms with Crippen molar-refractivity contribution in [2.45, 2.75) is 19.4 Å². The number of rotatable bonds is 6. The highest BCUT2D eigenvalue weighted by atomic mass is 32.1. The number of likely N-dealkylation sites (tertiary alicyclic amines) is 1. The molecule has 0 aliphatic carbocycles. The number of nitrogens with zero attached hydrogens (tertiary/aromatic N) is 2. The van der Waals surface area contributed by atoms with Crippen molar-refractivity contribution >= 4 is 33.5 Å². The number of nitrogens with one attached hydrogen (secondary N) is 1. The molecule has 5 heteroatoms. The number of carbonyl (C=O) groups is 1. The molecule has 2 heterocycles. The smallest absolute Gasteiger partial charge is 0.244 e. The highest BCUT2D eigenvalue weighted by Gasteiger charge is 2.20. The fourth-order valence-electron chi connectivity index (χ4n) is 3.72. The number of para-hydroxylation sites is 1. The van der Waals surface area contributed by atoms with E-state index in [4.69, 9.17) is 0 Å². The van der Waals surface area contributed by atoms with Crippen molar-refractivity contribution in [3.05, 3.63) is 71.2 Å². The minimum Gasteiger partial charge on any atom is -0.352 e. The molecule has 1 saturated heterocycles. The van der Waals surface area contributed by atoms with Crippen LogP contribution in [0.1, 0.15) is 23.4 Å². The zero-order valence-corrected chi connectivity index (χ0v) is 16.7. The zero-order chi connectivity index (χ0) is 19.2. The van der Waals surface area contributed by atoms with Crippen molar-refractivity contribution in [1.82, 2.24) is 15.2 Å². The summed E-state index contributed by atoms with van der Waals surface area (Å²) in [6.07, 6.45) is 5.77. The third-order valence-electron chi connectivity index (χ3n) is 5.10. The summed E-state index contributed by atoms with van der Waals surface area (Å²) in [4.78, 5) is 19.2. The minimum absolute atomic E-state index is 0.0422. The third-order valence-corrected chi connectivity index (χ3v) is 6.11. The molecule has 0 spiro atoms. The molecule has 1 atom stereocenters. The van der Waals surface area contributed by atoms with Crippen LogP contribution in [0.5, 0.6) is 0 Å². The quantitative estimate of drug-likeness (QED) is 0.636. The van der Waals surface area contributed by atoms with Crippen LogP contribution in [0, 0.1) is 5.92 Å². The van der Waals surface area contributed by atoms with E-state index in [1.54, 1.807) is 17.4 Å². The normalized spacial score (nSPS) is 17.9. The first-order chi connectivity index (χ1) is 13.8. The Morgan fingerprint density at radius 2 is 2.00 bits per heavy atom. The van der Waals surface area contributed by atoms with Crippen molar-refractivity contribution < 1.29 is 4.79 Å². The molecule has 0 saturated carbocycles. The summed E-state index contributed by atoms with van der Waals surface area (Å²) in [6, 6.07) is 18.6. The Morgan fingerprint density at radius 1 is 1.18 bits per heavy atom. The summed E-state index contributed by atoms with van der Waals surface area (Å²) in [5, 5.41) is 3.93. The van der Waals surface area contributed by atoms with Crippen LogP contribution >= 0.6 is 11.3 Å². The van der Waals surface area contributed by atoms with Crippen molar-refractivity contribution in [1.29, 1.82) is 0 Å². The number of hydrogen-bond donors (Lipinski definition) is 1.